The number of para-hydroxylation sites is 2. The van der Waals surface area contributed by atoms with Crippen molar-refractivity contribution < 1.29 is 14.8 Å². The van der Waals surface area contributed by atoms with E-state index in [4.69, 9.17) is 0 Å². The fraction of sp³-hybridized carbons (Fsp3) is 0.190. The molecule has 1 saturated heterocycles. The minimum atomic E-state index is -0.389. The lowest BCUT2D eigenvalue weighted by Crippen LogP contribution is -2.49. The molecule has 7 heteroatoms. The summed E-state index contributed by atoms with van der Waals surface area (Å²) >= 11 is 0. The zero-order valence-corrected chi connectivity index (χ0v) is 15.1. The largest absolute Gasteiger partial charge is 0.507 e. The fourth-order valence-corrected chi connectivity index (χ4v) is 3.61. The van der Waals surface area contributed by atoms with Crippen molar-refractivity contribution in [1.82, 2.24) is 4.90 Å². The average Bonchev–Trinajstić information content (AvgIpc) is 2.73. The van der Waals surface area contributed by atoms with Gasteiger partial charge in [-0.1, -0.05) is 36.4 Å². The van der Waals surface area contributed by atoms with E-state index in [0.717, 1.165) is 10.8 Å². The first-order valence-corrected chi connectivity index (χ1v) is 9.04. The van der Waals surface area contributed by atoms with Crippen molar-refractivity contribution in [2.75, 3.05) is 31.1 Å². The standard InChI is InChI=1S/C21H19N3O4/c25-20-14-16-6-2-1-5-15(16)13-17(20)21(26)23-11-9-22(10-12-23)18-7-3-4-8-19(18)24(27)28/h1-8,13-14,25H,9-12H2. The van der Waals surface area contributed by atoms with Crippen molar-refractivity contribution in [3.63, 3.8) is 0 Å². The number of amides is 1. The Morgan fingerprint density at radius 3 is 2.21 bits per heavy atom. The maximum Gasteiger partial charge on any atom is 0.292 e. The van der Waals surface area contributed by atoms with E-state index >= 15 is 0 Å². The van der Waals surface area contributed by atoms with Gasteiger partial charge in [0.05, 0.1) is 10.5 Å². The monoisotopic (exact) mass is 377 g/mol. The number of anilines is 1. The SMILES string of the molecule is O=C(c1cc2ccccc2cc1O)N1CCN(c2ccccc2[N+](=O)[O-])CC1. The minimum Gasteiger partial charge on any atom is -0.507 e. The number of nitrogens with zero attached hydrogens (tertiary/aromatic N) is 3. The van der Waals surface area contributed by atoms with Crippen molar-refractivity contribution >= 4 is 28.1 Å². The highest BCUT2D eigenvalue weighted by molar-refractivity contribution is 6.01. The van der Waals surface area contributed by atoms with Gasteiger partial charge in [-0.3, -0.25) is 14.9 Å². The molecule has 0 bridgehead atoms. The second-order valence-corrected chi connectivity index (χ2v) is 6.74. The number of fused-ring (bicyclic) bond motifs is 1. The van der Waals surface area contributed by atoms with Gasteiger partial charge in [0.15, 0.2) is 0 Å². The Morgan fingerprint density at radius 2 is 1.54 bits per heavy atom. The van der Waals surface area contributed by atoms with Gasteiger partial charge in [-0.15, -0.1) is 0 Å². The van der Waals surface area contributed by atoms with E-state index in [9.17, 15) is 20.0 Å². The van der Waals surface area contributed by atoms with E-state index in [1.165, 1.54) is 6.07 Å². The summed E-state index contributed by atoms with van der Waals surface area (Å²) in [5.41, 5.74) is 0.903. The number of hydrogen-bond acceptors (Lipinski definition) is 5. The van der Waals surface area contributed by atoms with Crippen LogP contribution in [0.5, 0.6) is 5.75 Å². The molecule has 0 aromatic heterocycles. The van der Waals surface area contributed by atoms with E-state index in [1.54, 1.807) is 35.2 Å². The second-order valence-electron chi connectivity index (χ2n) is 6.74. The molecule has 1 aliphatic heterocycles. The van der Waals surface area contributed by atoms with E-state index < -0.39 is 0 Å². The Labute approximate surface area is 161 Å². The van der Waals surface area contributed by atoms with Gasteiger partial charge in [0, 0.05) is 32.2 Å². The highest BCUT2D eigenvalue weighted by atomic mass is 16.6. The van der Waals surface area contributed by atoms with Crippen LogP contribution in [0.3, 0.4) is 0 Å². The predicted octanol–water partition coefficient (Wildman–Crippen LogP) is 3.42. The van der Waals surface area contributed by atoms with Gasteiger partial charge >= 0.3 is 0 Å². The predicted molar refractivity (Wildman–Crippen MR) is 107 cm³/mol. The van der Waals surface area contributed by atoms with Crippen LogP contribution < -0.4 is 4.90 Å². The van der Waals surface area contributed by atoms with Crippen molar-refractivity contribution in [3.8, 4) is 5.75 Å². The van der Waals surface area contributed by atoms with Gasteiger partial charge in [0.1, 0.15) is 11.4 Å². The molecule has 0 radical (unpaired) electrons. The Kier molecular flexibility index (Phi) is 4.57. The van der Waals surface area contributed by atoms with Gasteiger partial charge < -0.3 is 14.9 Å². The van der Waals surface area contributed by atoms with Crippen LogP contribution in [0.25, 0.3) is 10.8 Å². The second kappa shape index (κ2) is 7.19. The molecule has 3 aromatic rings. The van der Waals surface area contributed by atoms with Crippen molar-refractivity contribution in [3.05, 3.63) is 76.3 Å². The van der Waals surface area contributed by atoms with Gasteiger partial charge in [-0.2, -0.15) is 0 Å². The number of benzene rings is 3. The Balaban J connectivity index is 1.52. The molecule has 7 nitrogen and oxygen atoms in total. The summed E-state index contributed by atoms with van der Waals surface area (Å²) < 4.78 is 0. The zero-order valence-electron chi connectivity index (χ0n) is 15.1. The third-order valence-corrected chi connectivity index (χ3v) is 5.08. The third-order valence-electron chi connectivity index (χ3n) is 5.08. The van der Waals surface area contributed by atoms with Crippen LogP contribution in [-0.2, 0) is 0 Å². The summed E-state index contributed by atoms with van der Waals surface area (Å²) in [6, 6.07) is 17.5. The van der Waals surface area contributed by atoms with Crippen molar-refractivity contribution in [2.24, 2.45) is 0 Å². The summed E-state index contributed by atoms with van der Waals surface area (Å²) in [5.74, 6) is -0.268. The molecule has 1 heterocycles. The maximum atomic E-state index is 12.9. The number of piperazine rings is 1. The number of carbonyl (C=O) groups is 1. The number of phenols is 1. The van der Waals surface area contributed by atoms with E-state index in [1.807, 2.05) is 29.2 Å². The maximum absolute atomic E-state index is 12.9. The third kappa shape index (κ3) is 3.22. The lowest BCUT2D eigenvalue weighted by atomic mass is 10.0. The number of phenolic OH excluding ortho intramolecular Hbond substituents is 1. The average molecular weight is 377 g/mol. The van der Waals surface area contributed by atoms with E-state index in [0.29, 0.717) is 31.9 Å². The van der Waals surface area contributed by atoms with Crippen molar-refractivity contribution in [1.29, 1.82) is 0 Å². The first-order valence-electron chi connectivity index (χ1n) is 9.04. The Morgan fingerprint density at radius 1 is 0.929 bits per heavy atom. The topological polar surface area (TPSA) is 86.9 Å². The number of nitro groups is 1. The van der Waals surface area contributed by atoms with E-state index in [-0.39, 0.29) is 27.8 Å². The fourth-order valence-electron chi connectivity index (χ4n) is 3.61. The lowest BCUT2D eigenvalue weighted by Gasteiger charge is -2.36. The van der Waals surface area contributed by atoms with Crippen LogP contribution in [0.15, 0.2) is 60.7 Å². The molecule has 1 amide bonds. The number of carbonyl (C=O) groups excluding carboxylic acids is 1. The highest BCUT2D eigenvalue weighted by Gasteiger charge is 2.27. The first kappa shape index (κ1) is 17.8. The van der Waals surface area contributed by atoms with Gasteiger partial charge in [-0.25, -0.2) is 0 Å². The van der Waals surface area contributed by atoms with Crippen LogP contribution in [0.1, 0.15) is 10.4 Å². The van der Waals surface area contributed by atoms with Crippen LogP contribution in [0.4, 0.5) is 11.4 Å². The number of rotatable bonds is 3. The Hall–Kier alpha value is -3.61. The highest BCUT2D eigenvalue weighted by Crippen LogP contribution is 2.30. The minimum absolute atomic E-state index is 0.0372. The molecule has 3 aromatic carbocycles. The summed E-state index contributed by atoms with van der Waals surface area (Å²) in [6.07, 6.45) is 0. The summed E-state index contributed by atoms with van der Waals surface area (Å²) in [7, 11) is 0. The number of nitro benzene ring substituents is 1. The van der Waals surface area contributed by atoms with Gasteiger partial charge in [0.2, 0.25) is 0 Å². The molecule has 28 heavy (non-hydrogen) atoms. The summed E-state index contributed by atoms with van der Waals surface area (Å²) in [6.45, 7) is 1.84. The van der Waals surface area contributed by atoms with Gasteiger partial charge in [0.25, 0.3) is 11.6 Å². The normalized spacial score (nSPS) is 14.3. The molecule has 1 N–H and O–H groups in total. The molecule has 1 aliphatic rings. The molecule has 142 valence electrons. The van der Waals surface area contributed by atoms with Gasteiger partial charge in [-0.05, 0) is 29.0 Å². The Bertz CT molecular complexity index is 1060. The molecule has 4 rings (SSSR count). The first-order chi connectivity index (χ1) is 13.5. The molecule has 0 spiro atoms. The number of aromatic hydroxyl groups is 1. The van der Waals surface area contributed by atoms with Crippen LogP contribution >= 0.6 is 0 Å². The molecular weight excluding hydrogens is 358 g/mol. The van der Waals surface area contributed by atoms with Crippen LogP contribution in [0.2, 0.25) is 0 Å². The molecular formula is C21H19N3O4. The van der Waals surface area contributed by atoms with E-state index in [2.05, 4.69) is 0 Å². The van der Waals surface area contributed by atoms with Crippen molar-refractivity contribution in [2.45, 2.75) is 0 Å². The zero-order chi connectivity index (χ0) is 19.7. The number of hydrogen-bond donors (Lipinski definition) is 1. The van der Waals surface area contributed by atoms with Crippen LogP contribution in [-0.4, -0.2) is 47.0 Å². The smallest absolute Gasteiger partial charge is 0.292 e. The summed E-state index contributed by atoms with van der Waals surface area (Å²) in [5, 5.41) is 23.3. The molecule has 0 saturated carbocycles. The lowest BCUT2D eigenvalue weighted by molar-refractivity contribution is -0.384. The van der Waals surface area contributed by atoms with Crippen LogP contribution in [0, 0.1) is 10.1 Å². The molecule has 1 fully saturated rings. The molecule has 0 unspecified atom stereocenters. The molecule has 0 aliphatic carbocycles. The quantitative estimate of drug-likeness (QED) is 0.558. The summed E-state index contributed by atoms with van der Waals surface area (Å²) in [4.78, 5) is 27.4. The molecule has 0 atom stereocenters.